The molecule has 1 aliphatic rings. The van der Waals surface area contributed by atoms with Crippen LogP contribution in [0.3, 0.4) is 0 Å². The number of rotatable bonds is 5. The number of aromatic nitrogens is 2. The van der Waals surface area contributed by atoms with Crippen molar-refractivity contribution in [2.24, 2.45) is 5.92 Å². The zero-order chi connectivity index (χ0) is 19.7. The van der Waals surface area contributed by atoms with Crippen molar-refractivity contribution in [1.82, 2.24) is 9.97 Å². The molecule has 0 saturated heterocycles. The Morgan fingerprint density at radius 1 is 1.43 bits per heavy atom. The molecule has 0 spiro atoms. The van der Waals surface area contributed by atoms with Crippen LogP contribution in [0.1, 0.15) is 35.2 Å². The number of hydrogen-bond donors (Lipinski definition) is 2. The van der Waals surface area contributed by atoms with Gasteiger partial charge in [0.25, 0.3) is 5.56 Å². The van der Waals surface area contributed by atoms with E-state index in [1.165, 1.54) is 22.2 Å². The third kappa shape index (κ3) is 4.15. The maximum atomic E-state index is 12.6. The number of nitrogens with one attached hydrogen (secondary N) is 2. The molecule has 5 nitrogen and oxygen atoms in total. The van der Waals surface area contributed by atoms with Crippen molar-refractivity contribution in [2.75, 3.05) is 11.1 Å². The van der Waals surface area contributed by atoms with Crippen LogP contribution in [-0.4, -0.2) is 21.6 Å². The van der Waals surface area contributed by atoms with Gasteiger partial charge in [0.2, 0.25) is 5.91 Å². The van der Waals surface area contributed by atoms with Crippen molar-refractivity contribution in [3.63, 3.8) is 0 Å². The lowest BCUT2D eigenvalue weighted by molar-refractivity contribution is -0.113. The molecule has 3 aromatic rings. The normalized spacial score (nSPS) is 16.1. The minimum atomic E-state index is -0.0559. The van der Waals surface area contributed by atoms with Crippen LogP contribution >= 0.6 is 23.1 Å². The highest BCUT2D eigenvalue weighted by molar-refractivity contribution is 7.99. The van der Waals surface area contributed by atoms with E-state index in [4.69, 9.17) is 0 Å². The molecule has 0 aliphatic heterocycles. The summed E-state index contributed by atoms with van der Waals surface area (Å²) >= 11 is 3.11. The van der Waals surface area contributed by atoms with Crippen LogP contribution in [0.5, 0.6) is 0 Å². The lowest BCUT2D eigenvalue weighted by atomic mass is 9.89. The fourth-order valence-corrected chi connectivity index (χ4v) is 5.71. The number of carbonyl (C=O) groups is 1. The summed E-state index contributed by atoms with van der Waals surface area (Å²) in [6, 6.07) is 7.73. The van der Waals surface area contributed by atoms with Crippen molar-refractivity contribution in [1.29, 1.82) is 0 Å². The molecule has 1 aliphatic carbocycles. The number of carbonyl (C=O) groups excluding carboxylic acids is 1. The number of H-pyrrole nitrogens is 1. The summed E-state index contributed by atoms with van der Waals surface area (Å²) in [7, 11) is 0. The number of amides is 1. The Balaban J connectivity index is 1.41. The molecule has 0 unspecified atom stereocenters. The fraction of sp³-hybridized carbons (Fsp3) is 0.381. The third-order valence-electron chi connectivity index (χ3n) is 4.99. The second kappa shape index (κ2) is 8.09. The molecule has 1 aromatic carbocycles. The Morgan fingerprint density at radius 3 is 3.11 bits per heavy atom. The molecule has 2 aromatic heterocycles. The van der Waals surface area contributed by atoms with Gasteiger partial charge in [0.05, 0.1) is 16.9 Å². The van der Waals surface area contributed by atoms with Gasteiger partial charge < -0.3 is 10.3 Å². The Bertz CT molecular complexity index is 1090. The highest BCUT2D eigenvalue weighted by atomic mass is 32.2. The number of benzene rings is 1. The van der Waals surface area contributed by atoms with E-state index in [1.807, 2.05) is 31.2 Å². The maximum absolute atomic E-state index is 12.6. The number of anilines is 1. The highest BCUT2D eigenvalue weighted by Crippen LogP contribution is 2.35. The van der Waals surface area contributed by atoms with Gasteiger partial charge in [0.1, 0.15) is 10.7 Å². The average molecular weight is 414 g/mol. The molecular formula is C21H23N3O2S2. The smallest absolute Gasteiger partial charge is 0.259 e. The van der Waals surface area contributed by atoms with Gasteiger partial charge in [-0.2, -0.15) is 0 Å². The predicted molar refractivity (Wildman–Crippen MR) is 117 cm³/mol. The molecule has 4 rings (SSSR count). The molecule has 2 N–H and O–H groups in total. The number of aryl methyl sites for hydroxylation is 2. The van der Waals surface area contributed by atoms with E-state index in [2.05, 4.69) is 22.2 Å². The van der Waals surface area contributed by atoms with Gasteiger partial charge in [-0.25, -0.2) is 4.98 Å². The van der Waals surface area contributed by atoms with Crippen LogP contribution in [-0.2, 0) is 23.4 Å². The summed E-state index contributed by atoms with van der Waals surface area (Å²) in [6.07, 6.45) is 3.14. The van der Waals surface area contributed by atoms with E-state index in [9.17, 15) is 9.59 Å². The first-order chi connectivity index (χ1) is 13.5. The SMILES string of the molecule is Cc1cccc(NC(=O)CSCc2nc3sc4c(c3c(=O)[nH]2)CC[C@H](C)C4)c1. The summed E-state index contributed by atoms with van der Waals surface area (Å²) in [5.41, 5.74) is 3.06. The number of nitrogens with zero attached hydrogens (tertiary/aromatic N) is 1. The van der Waals surface area contributed by atoms with Crippen molar-refractivity contribution >= 4 is 44.9 Å². The molecule has 1 atom stereocenters. The summed E-state index contributed by atoms with van der Waals surface area (Å²) in [5.74, 6) is 2.07. The van der Waals surface area contributed by atoms with Gasteiger partial charge in [-0.15, -0.1) is 23.1 Å². The monoisotopic (exact) mass is 413 g/mol. The van der Waals surface area contributed by atoms with E-state index >= 15 is 0 Å². The molecule has 7 heteroatoms. The fourth-order valence-electron chi connectivity index (χ4n) is 3.62. The van der Waals surface area contributed by atoms with E-state index in [0.29, 0.717) is 23.2 Å². The van der Waals surface area contributed by atoms with Crippen molar-refractivity contribution in [3.8, 4) is 0 Å². The van der Waals surface area contributed by atoms with Gasteiger partial charge in [-0.05, 0) is 55.4 Å². The third-order valence-corrected chi connectivity index (χ3v) is 7.08. The Morgan fingerprint density at radius 2 is 2.29 bits per heavy atom. The van der Waals surface area contributed by atoms with Crippen LogP contribution < -0.4 is 10.9 Å². The van der Waals surface area contributed by atoms with Gasteiger partial charge in [0, 0.05) is 10.6 Å². The number of hydrogen-bond acceptors (Lipinski definition) is 5. The van der Waals surface area contributed by atoms with Gasteiger partial charge >= 0.3 is 0 Å². The topological polar surface area (TPSA) is 74.8 Å². The molecule has 0 saturated carbocycles. The zero-order valence-corrected chi connectivity index (χ0v) is 17.6. The first-order valence-electron chi connectivity index (χ1n) is 9.47. The summed E-state index contributed by atoms with van der Waals surface area (Å²) in [4.78, 5) is 34.5. The molecule has 0 fully saturated rings. The maximum Gasteiger partial charge on any atom is 0.259 e. The minimum absolute atomic E-state index is 0.0446. The Hall–Kier alpha value is -2.12. The Labute approximate surface area is 172 Å². The van der Waals surface area contributed by atoms with E-state index in [1.54, 1.807) is 11.3 Å². The van der Waals surface area contributed by atoms with Crippen LogP contribution in [0.2, 0.25) is 0 Å². The summed E-state index contributed by atoms with van der Waals surface area (Å²) < 4.78 is 0. The van der Waals surface area contributed by atoms with Crippen molar-refractivity contribution in [3.05, 3.63) is 56.4 Å². The zero-order valence-electron chi connectivity index (χ0n) is 16.0. The molecule has 28 heavy (non-hydrogen) atoms. The van der Waals surface area contributed by atoms with Gasteiger partial charge in [-0.1, -0.05) is 19.1 Å². The van der Waals surface area contributed by atoms with Crippen LogP contribution in [0, 0.1) is 12.8 Å². The summed E-state index contributed by atoms with van der Waals surface area (Å²) in [5, 5.41) is 3.67. The van der Waals surface area contributed by atoms with Gasteiger partial charge in [-0.3, -0.25) is 9.59 Å². The van der Waals surface area contributed by atoms with Crippen LogP contribution in [0.15, 0.2) is 29.1 Å². The van der Waals surface area contributed by atoms with E-state index < -0.39 is 0 Å². The standard InChI is InChI=1S/C21H23N3O2S2/c1-12-4-3-5-14(8-12)22-18(25)11-27-10-17-23-20(26)19-15-7-6-13(2)9-16(15)28-21(19)24-17/h3-5,8,13H,6-7,9-11H2,1-2H3,(H,22,25)(H,23,24,26)/t13-/m0/s1. The second-order valence-electron chi connectivity index (χ2n) is 7.45. The first kappa shape index (κ1) is 19.2. The molecule has 146 valence electrons. The number of fused-ring (bicyclic) bond motifs is 3. The number of thiophene rings is 1. The Kier molecular flexibility index (Phi) is 5.55. The van der Waals surface area contributed by atoms with E-state index in [0.717, 1.165) is 40.7 Å². The second-order valence-corrected chi connectivity index (χ2v) is 9.52. The van der Waals surface area contributed by atoms with Gasteiger partial charge in [0.15, 0.2) is 0 Å². The van der Waals surface area contributed by atoms with Crippen LogP contribution in [0.4, 0.5) is 5.69 Å². The first-order valence-corrected chi connectivity index (χ1v) is 11.4. The number of aromatic amines is 1. The van der Waals surface area contributed by atoms with Crippen LogP contribution in [0.25, 0.3) is 10.2 Å². The quantitative estimate of drug-likeness (QED) is 0.654. The molecular weight excluding hydrogens is 390 g/mol. The molecule has 1 amide bonds. The van der Waals surface area contributed by atoms with E-state index in [-0.39, 0.29) is 11.5 Å². The lowest BCUT2D eigenvalue weighted by Crippen LogP contribution is -2.16. The average Bonchev–Trinajstić information content (AvgIpc) is 2.99. The highest BCUT2D eigenvalue weighted by Gasteiger charge is 2.23. The summed E-state index contributed by atoms with van der Waals surface area (Å²) in [6.45, 7) is 4.25. The lowest BCUT2D eigenvalue weighted by Gasteiger charge is -2.17. The largest absolute Gasteiger partial charge is 0.325 e. The number of thioether (sulfide) groups is 1. The molecule has 0 bridgehead atoms. The molecule has 2 heterocycles. The molecule has 0 radical (unpaired) electrons. The predicted octanol–water partition coefficient (Wildman–Crippen LogP) is 4.29. The minimum Gasteiger partial charge on any atom is -0.325 e. The van der Waals surface area contributed by atoms with Crippen molar-refractivity contribution < 1.29 is 4.79 Å². The van der Waals surface area contributed by atoms with Crippen molar-refractivity contribution in [2.45, 2.75) is 38.9 Å².